The van der Waals surface area contributed by atoms with Crippen LogP contribution in [0.15, 0.2) is 48.5 Å². The Labute approximate surface area is 244 Å². The van der Waals surface area contributed by atoms with Crippen LogP contribution in [-0.2, 0) is 20.8 Å². The van der Waals surface area contributed by atoms with Crippen LogP contribution in [0.1, 0.15) is 11.3 Å². The van der Waals surface area contributed by atoms with Crippen molar-refractivity contribution in [1.29, 1.82) is 5.41 Å². The summed E-state index contributed by atoms with van der Waals surface area (Å²) in [6.45, 7) is 7.92. The minimum Gasteiger partial charge on any atom is -0.394 e. The third-order valence-electron chi connectivity index (χ3n) is 7.03. The van der Waals surface area contributed by atoms with E-state index in [1.54, 1.807) is 24.3 Å². The second kappa shape index (κ2) is 14.0. The van der Waals surface area contributed by atoms with E-state index < -0.39 is 0 Å². The molecule has 2 aliphatic heterocycles. The maximum Gasteiger partial charge on any atom is 0.323 e. The molecule has 2 aromatic carbocycles. The van der Waals surface area contributed by atoms with Gasteiger partial charge in [0.2, 0.25) is 0 Å². The summed E-state index contributed by atoms with van der Waals surface area (Å²) in [7, 11) is 0. The van der Waals surface area contributed by atoms with Crippen LogP contribution in [-0.4, -0.2) is 92.5 Å². The van der Waals surface area contributed by atoms with Crippen molar-refractivity contribution in [3.05, 3.63) is 59.8 Å². The van der Waals surface area contributed by atoms with Crippen LogP contribution in [0, 0.1) is 5.41 Å². The highest BCUT2D eigenvalue weighted by Gasteiger charge is 2.21. The van der Waals surface area contributed by atoms with Gasteiger partial charge in [0.1, 0.15) is 17.2 Å². The number of carbonyl (C=O) groups is 1. The van der Waals surface area contributed by atoms with E-state index in [-0.39, 0.29) is 23.2 Å². The van der Waals surface area contributed by atoms with Gasteiger partial charge in [0.05, 0.1) is 39.6 Å². The molecule has 7 N–H and O–H groups in total. The molecule has 0 atom stereocenters. The van der Waals surface area contributed by atoms with Crippen LogP contribution in [0.4, 0.5) is 27.7 Å². The van der Waals surface area contributed by atoms with E-state index >= 15 is 0 Å². The predicted molar refractivity (Wildman–Crippen MR) is 162 cm³/mol. The highest BCUT2D eigenvalue weighted by atomic mass is 16.5. The largest absolute Gasteiger partial charge is 0.394 e. The second-order valence-electron chi connectivity index (χ2n) is 10.0. The van der Waals surface area contributed by atoms with Gasteiger partial charge in [-0.05, 0) is 42.0 Å². The zero-order valence-corrected chi connectivity index (χ0v) is 23.5. The summed E-state index contributed by atoms with van der Waals surface area (Å²) in [4.78, 5) is 26.1. The Morgan fingerprint density at radius 1 is 0.905 bits per heavy atom. The number of nitrogens with zero attached hydrogens (tertiary/aromatic N) is 4. The number of anilines is 4. The SMILES string of the molecule is N=C(N)c1nc(-c2ccc(NC(=O)Nc3ccc(COCCN4CCOCC4)cc3)cc2)nc(N2CCOCC2)c1N. The fourth-order valence-electron chi connectivity index (χ4n) is 4.70. The van der Waals surface area contributed by atoms with Gasteiger partial charge in [-0.15, -0.1) is 0 Å². The standard InChI is InChI=1S/C29H37N9O4/c30-24-25(26(31)32)35-27(36-28(24)38-12-17-41-18-13-38)21-3-7-23(8-4-21)34-29(39)33-22-5-1-20(2-6-22)19-42-16-11-37-9-14-40-15-10-37/h1-8H,9-19,30H2,(H3,31,32)(H2,33,34,39). The predicted octanol–water partition coefficient (Wildman–Crippen LogP) is 2.34. The number of carbonyl (C=O) groups excluding carboxylic acids is 1. The summed E-state index contributed by atoms with van der Waals surface area (Å²) in [5.41, 5.74) is 15.5. The van der Waals surface area contributed by atoms with Crippen molar-refractivity contribution >= 4 is 34.7 Å². The van der Waals surface area contributed by atoms with Crippen LogP contribution >= 0.6 is 0 Å². The number of amides is 2. The van der Waals surface area contributed by atoms with Gasteiger partial charge in [0, 0.05) is 49.7 Å². The first kappa shape index (κ1) is 29.2. The number of ether oxygens (including phenoxy) is 3. The van der Waals surface area contributed by atoms with Gasteiger partial charge in [-0.2, -0.15) is 0 Å². The minimum absolute atomic E-state index is 0.189. The Kier molecular flexibility index (Phi) is 9.77. The Hall–Kier alpha value is -4.30. The molecule has 2 fully saturated rings. The minimum atomic E-state index is -0.366. The second-order valence-corrected chi connectivity index (χ2v) is 10.0. The van der Waals surface area contributed by atoms with Crippen LogP contribution in [0.25, 0.3) is 11.4 Å². The van der Waals surface area contributed by atoms with Gasteiger partial charge < -0.3 is 41.2 Å². The fraction of sp³-hybridized carbons (Fsp3) is 0.379. The molecule has 2 aliphatic rings. The molecule has 3 aromatic rings. The van der Waals surface area contributed by atoms with Gasteiger partial charge in [0.25, 0.3) is 0 Å². The monoisotopic (exact) mass is 575 g/mol. The first-order valence-electron chi connectivity index (χ1n) is 14.0. The average molecular weight is 576 g/mol. The van der Waals surface area contributed by atoms with Crippen molar-refractivity contribution in [2.45, 2.75) is 6.61 Å². The highest BCUT2D eigenvalue weighted by Crippen LogP contribution is 2.28. The molecule has 0 unspecified atom stereocenters. The third-order valence-corrected chi connectivity index (χ3v) is 7.03. The summed E-state index contributed by atoms with van der Waals surface area (Å²) >= 11 is 0. The third kappa shape index (κ3) is 7.70. The topological polar surface area (TPSA) is 177 Å². The lowest BCUT2D eigenvalue weighted by atomic mass is 10.1. The van der Waals surface area contributed by atoms with E-state index in [4.69, 9.17) is 31.1 Å². The number of aromatic nitrogens is 2. The zero-order chi connectivity index (χ0) is 29.3. The van der Waals surface area contributed by atoms with Crippen LogP contribution in [0.5, 0.6) is 0 Å². The molecule has 222 valence electrons. The normalized spacial score (nSPS) is 15.8. The van der Waals surface area contributed by atoms with Crippen molar-refractivity contribution in [2.24, 2.45) is 5.73 Å². The molecule has 5 rings (SSSR count). The number of benzene rings is 2. The van der Waals surface area contributed by atoms with Gasteiger partial charge >= 0.3 is 6.03 Å². The molecule has 0 spiro atoms. The lowest BCUT2D eigenvalue weighted by molar-refractivity contribution is 0.0180. The molecule has 3 heterocycles. The molecule has 42 heavy (non-hydrogen) atoms. The number of nitrogens with one attached hydrogen (secondary N) is 3. The lowest BCUT2D eigenvalue weighted by Gasteiger charge is -2.29. The maximum atomic E-state index is 12.6. The molecular formula is C29H37N9O4. The molecule has 0 radical (unpaired) electrons. The highest BCUT2D eigenvalue weighted by molar-refractivity contribution is 6.01. The fourth-order valence-corrected chi connectivity index (χ4v) is 4.70. The van der Waals surface area contributed by atoms with Gasteiger partial charge in [0.15, 0.2) is 11.6 Å². The van der Waals surface area contributed by atoms with E-state index in [0.29, 0.717) is 68.1 Å². The summed E-state index contributed by atoms with van der Waals surface area (Å²) in [6.07, 6.45) is 0. The number of morpholine rings is 2. The van der Waals surface area contributed by atoms with Crippen molar-refractivity contribution < 1.29 is 19.0 Å². The lowest BCUT2D eigenvalue weighted by Crippen LogP contribution is -2.38. The quantitative estimate of drug-likeness (QED) is 0.137. The summed E-state index contributed by atoms with van der Waals surface area (Å²) < 4.78 is 16.6. The van der Waals surface area contributed by atoms with Crippen LogP contribution in [0.2, 0.25) is 0 Å². The van der Waals surface area contributed by atoms with E-state index in [2.05, 4.69) is 25.5 Å². The number of hydrogen-bond acceptors (Lipinski definition) is 10. The molecule has 13 nitrogen and oxygen atoms in total. The number of amidine groups is 1. The van der Waals surface area contributed by atoms with Crippen molar-refractivity contribution in [3.63, 3.8) is 0 Å². The molecule has 13 heteroatoms. The van der Waals surface area contributed by atoms with E-state index in [9.17, 15) is 4.79 Å². The molecule has 2 amide bonds. The van der Waals surface area contributed by atoms with Crippen LogP contribution < -0.4 is 27.0 Å². The molecule has 0 saturated carbocycles. The number of hydrogen-bond donors (Lipinski definition) is 5. The number of nitrogens with two attached hydrogens (primary N) is 2. The van der Waals surface area contributed by atoms with Gasteiger partial charge in [-0.1, -0.05) is 12.1 Å². The van der Waals surface area contributed by atoms with Crippen LogP contribution in [0.3, 0.4) is 0 Å². The Morgan fingerprint density at radius 3 is 2.12 bits per heavy atom. The molecular weight excluding hydrogens is 538 g/mol. The number of urea groups is 1. The van der Waals surface area contributed by atoms with Gasteiger partial charge in [-0.25, -0.2) is 14.8 Å². The van der Waals surface area contributed by atoms with Gasteiger partial charge in [-0.3, -0.25) is 10.3 Å². The summed E-state index contributed by atoms with van der Waals surface area (Å²) in [6, 6.07) is 14.3. The van der Waals surface area contributed by atoms with Crippen molar-refractivity contribution in [3.8, 4) is 11.4 Å². The Morgan fingerprint density at radius 2 is 1.50 bits per heavy atom. The summed E-state index contributed by atoms with van der Waals surface area (Å²) in [5.74, 6) is 0.683. The summed E-state index contributed by atoms with van der Waals surface area (Å²) in [5, 5.41) is 13.6. The zero-order valence-electron chi connectivity index (χ0n) is 23.5. The first-order valence-corrected chi connectivity index (χ1v) is 14.0. The maximum absolute atomic E-state index is 12.6. The smallest absolute Gasteiger partial charge is 0.323 e. The van der Waals surface area contributed by atoms with E-state index in [1.807, 2.05) is 29.2 Å². The number of rotatable bonds is 10. The average Bonchev–Trinajstić information content (AvgIpc) is 3.01. The molecule has 0 bridgehead atoms. The van der Waals surface area contributed by atoms with E-state index in [0.717, 1.165) is 38.4 Å². The van der Waals surface area contributed by atoms with Crippen molar-refractivity contribution in [2.75, 3.05) is 87.0 Å². The van der Waals surface area contributed by atoms with E-state index in [1.165, 1.54) is 0 Å². The molecule has 1 aromatic heterocycles. The molecule has 2 saturated heterocycles. The van der Waals surface area contributed by atoms with Crippen molar-refractivity contribution in [1.82, 2.24) is 14.9 Å². The Balaban J connectivity index is 1.14. The Bertz CT molecular complexity index is 1360. The molecule has 0 aliphatic carbocycles. The first-order chi connectivity index (χ1) is 20.5. The number of nitrogen functional groups attached to an aromatic ring is 2.